The molecule has 11 nitrogen and oxygen atoms in total. The number of Topliss-reactive ketones (excluding diaryl/α,β-unsaturated/α-hetero) is 1. The average Bonchev–Trinajstić information content (AvgIpc) is 3.78. The molecule has 0 bridgehead atoms. The van der Waals surface area contributed by atoms with Gasteiger partial charge in [-0.3, -0.25) is 29.0 Å². The van der Waals surface area contributed by atoms with Crippen molar-refractivity contribution in [3.05, 3.63) is 127 Å². The summed E-state index contributed by atoms with van der Waals surface area (Å²) in [6.45, 7) is 12.1. The molecule has 2 aliphatic rings. The van der Waals surface area contributed by atoms with Crippen LogP contribution in [-0.2, 0) is 34.8 Å². The number of nitrogens with zero attached hydrogens (tertiary/aromatic N) is 2. The van der Waals surface area contributed by atoms with Gasteiger partial charge in [-0.15, -0.1) is 0 Å². The Morgan fingerprint density at radius 2 is 1.53 bits per heavy atom. The molecule has 0 aliphatic carbocycles. The fraction of sp³-hybridized carbons (Fsp3) is 0.400. The summed E-state index contributed by atoms with van der Waals surface area (Å²) >= 11 is 0. The summed E-state index contributed by atoms with van der Waals surface area (Å²) in [7, 11) is -2.94. The van der Waals surface area contributed by atoms with E-state index >= 15 is 0 Å². The number of aromatic nitrogens is 1. The Morgan fingerprint density at radius 1 is 0.871 bits per heavy atom. The molecule has 4 amide bonds. The standard InChI is InChI=1S/C50H61N5O6Si/c1-7-50(6)48(60)53-42(33-36-27-29-37(30-28-36)38-19-17-31-51-34-38)47(59)55-32-18-25-43(55)46(58)52-41(45(57)54-50)24-15-10-16-26-44(56)35(2)61-62(49(3,4)5,39-20-11-8-12-21-39)40-22-13-9-14-23-40/h8-14,16-17,19-23,27-31,34-35,41-43H,7,15,18,24-26,32-33H2,1-6H3,(H,52,58)(H,53,60)(H,54,57)/t35-,41-,42-,43+,50-/m0/s1. The van der Waals surface area contributed by atoms with E-state index in [1.54, 1.807) is 37.2 Å². The minimum atomic E-state index is -2.94. The number of amides is 4. The Balaban J connectivity index is 1.14. The first-order chi connectivity index (χ1) is 29.7. The lowest BCUT2D eigenvalue weighted by Gasteiger charge is -2.44. The third-order valence-corrected chi connectivity index (χ3v) is 17.5. The second-order valence-electron chi connectivity index (χ2n) is 17.7. The summed E-state index contributed by atoms with van der Waals surface area (Å²) < 4.78 is 7.01. The fourth-order valence-electron chi connectivity index (χ4n) is 8.59. The van der Waals surface area contributed by atoms with Crippen LogP contribution < -0.4 is 26.3 Å². The van der Waals surface area contributed by atoms with Crippen molar-refractivity contribution in [2.24, 2.45) is 0 Å². The van der Waals surface area contributed by atoms with Crippen LogP contribution in [0.1, 0.15) is 85.6 Å². The number of rotatable bonds is 14. The molecule has 6 rings (SSSR count). The van der Waals surface area contributed by atoms with Crippen LogP contribution >= 0.6 is 0 Å². The molecule has 2 saturated heterocycles. The predicted octanol–water partition coefficient (Wildman–Crippen LogP) is 5.81. The molecule has 3 aromatic carbocycles. The number of pyridine rings is 1. The zero-order valence-electron chi connectivity index (χ0n) is 36.9. The molecule has 12 heteroatoms. The van der Waals surface area contributed by atoms with E-state index in [4.69, 9.17) is 4.43 Å². The predicted molar refractivity (Wildman–Crippen MR) is 245 cm³/mol. The van der Waals surface area contributed by atoms with Crippen molar-refractivity contribution in [3.8, 4) is 11.1 Å². The maximum atomic E-state index is 14.3. The second-order valence-corrected chi connectivity index (χ2v) is 22.0. The van der Waals surface area contributed by atoms with E-state index in [9.17, 15) is 24.0 Å². The number of carbonyl (C=O) groups excluding carboxylic acids is 5. The Morgan fingerprint density at radius 3 is 2.13 bits per heavy atom. The molecule has 5 atom stereocenters. The van der Waals surface area contributed by atoms with Gasteiger partial charge in [-0.25, -0.2) is 0 Å². The molecule has 1 aromatic heterocycles. The van der Waals surface area contributed by atoms with E-state index in [0.717, 1.165) is 27.1 Å². The van der Waals surface area contributed by atoms with Gasteiger partial charge in [0.25, 0.3) is 8.32 Å². The molecule has 326 valence electrons. The Labute approximate surface area is 367 Å². The lowest BCUT2D eigenvalue weighted by atomic mass is 9.94. The Bertz CT molecular complexity index is 2170. The van der Waals surface area contributed by atoms with E-state index in [0.29, 0.717) is 25.8 Å². The summed E-state index contributed by atoms with van der Waals surface area (Å²) in [5, 5.41) is 10.7. The Kier molecular flexibility index (Phi) is 14.8. The molecule has 3 N–H and O–H groups in total. The molecule has 0 saturated carbocycles. The van der Waals surface area contributed by atoms with Gasteiger partial charge < -0.3 is 25.3 Å². The van der Waals surface area contributed by atoms with Gasteiger partial charge in [-0.1, -0.05) is 131 Å². The van der Waals surface area contributed by atoms with Crippen LogP contribution in [-0.4, -0.2) is 83.9 Å². The van der Waals surface area contributed by atoms with Crippen LogP contribution in [0.5, 0.6) is 0 Å². The highest BCUT2D eigenvalue weighted by Gasteiger charge is 2.51. The highest BCUT2D eigenvalue weighted by atomic mass is 28.4. The maximum absolute atomic E-state index is 14.3. The number of hydrogen-bond acceptors (Lipinski definition) is 7. The zero-order valence-corrected chi connectivity index (χ0v) is 37.9. The molecule has 4 aromatic rings. The maximum Gasteiger partial charge on any atom is 0.262 e. The number of ketones is 1. The fourth-order valence-corrected chi connectivity index (χ4v) is 13.3. The summed E-state index contributed by atoms with van der Waals surface area (Å²) in [6, 6.07) is 29.3. The van der Waals surface area contributed by atoms with Crippen molar-refractivity contribution in [2.45, 2.75) is 121 Å². The number of carbonyl (C=O) groups is 5. The third kappa shape index (κ3) is 10.3. The quantitative estimate of drug-likeness (QED) is 0.107. The highest BCUT2D eigenvalue weighted by molar-refractivity contribution is 6.99. The molecule has 2 aliphatic heterocycles. The normalized spacial score (nSPS) is 21.9. The number of allylic oxidation sites excluding steroid dienone is 2. The molecule has 0 spiro atoms. The van der Waals surface area contributed by atoms with Crippen LogP contribution in [0.3, 0.4) is 0 Å². The number of fused-ring (bicyclic) bond motifs is 1. The lowest BCUT2D eigenvalue weighted by molar-refractivity contribution is -0.144. The molecule has 0 unspecified atom stereocenters. The van der Waals surface area contributed by atoms with Gasteiger partial charge in [0.1, 0.15) is 29.8 Å². The minimum Gasteiger partial charge on any atom is -0.398 e. The van der Waals surface area contributed by atoms with Crippen molar-refractivity contribution < 1.29 is 28.4 Å². The van der Waals surface area contributed by atoms with Crippen LogP contribution in [0.15, 0.2) is 122 Å². The molecular formula is C50H61N5O6Si. The van der Waals surface area contributed by atoms with Gasteiger partial charge in [-0.05, 0) is 84.1 Å². The SMILES string of the molecule is CC[C@]1(C)NC(=O)[C@H](CCC=CCC(=O)[C@H](C)O[Si](c2ccccc2)(c2ccccc2)C(C)(C)C)NC(=O)[C@H]2CCCN2C(=O)[C@H](Cc2ccc(-c3cccnc3)cc2)NC1=O. The zero-order chi connectivity index (χ0) is 44.5. The summed E-state index contributed by atoms with van der Waals surface area (Å²) in [5.74, 6) is -1.78. The largest absolute Gasteiger partial charge is 0.398 e. The minimum absolute atomic E-state index is 0.0675. The Hall–Kier alpha value is -5.72. The van der Waals surface area contributed by atoms with Crippen LogP contribution in [0.2, 0.25) is 5.04 Å². The van der Waals surface area contributed by atoms with Crippen LogP contribution in [0.4, 0.5) is 0 Å². The first-order valence-corrected chi connectivity index (χ1v) is 23.8. The van der Waals surface area contributed by atoms with Crippen LogP contribution in [0.25, 0.3) is 11.1 Å². The van der Waals surface area contributed by atoms with Crippen molar-refractivity contribution in [3.63, 3.8) is 0 Å². The topological polar surface area (TPSA) is 147 Å². The van der Waals surface area contributed by atoms with Crippen molar-refractivity contribution >= 4 is 48.1 Å². The molecule has 0 radical (unpaired) electrons. The first kappa shape index (κ1) is 45.8. The van der Waals surface area contributed by atoms with E-state index in [2.05, 4.69) is 66.0 Å². The van der Waals surface area contributed by atoms with Crippen LogP contribution in [0, 0.1) is 0 Å². The molecular weight excluding hydrogens is 795 g/mol. The van der Waals surface area contributed by atoms with Crippen molar-refractivity contribution in [1.29, 1.82) is 0 Å². The van der Waals surface area contributed by atoms with Crippen molar-refractivity contribution in [2.75, 3.05) is 6.54 Å². The van der Waals surface area contributed by atoms with Gasteiger partial charge in [0.05, 0.1) is 0 Å². The van der Waals surface area contributed by atoms with Gasteiger partial charge in [-0.2, -0.15) is 0 Å². The van der Waals surface area contributed by atoms with E-state index in [1.165, 1.54) is 0 Å². The van der Waals surface area contributed by atoms with E-state index < -0.39 is 55.8 Å². The summed E-state index contributed by atoms with van der Waals surface area (Å²) in [5.41, 5.74) is 1.40. The first-order valence-electron chi connectivity index (χ1n) is 21.9. The molecule has 2 fully saturated rings. The van der Waals surface area contributed by atoms with E-state index in [-0.39, 0.29) is 42.4 Å². The molecule has 62 heavy (non-hydrogen) atoms. The van der Waals surface area contributed by atoms with Crippen molar-refractivity contribution in [1.82, 2.24) is 25.8 Å². The second kappa shape index (κ2) is 20.0. The monoisotopic (exact) mass is 855 g/mol. The number of hydrogen-bond donors (Lipinski definition) is 3. The third-order valence-electron chi connectivity index (χ3n) is 12.4. The highest BCUT2D eigenvalue weighted by Crippen LogP contribution is 2.37. The number of nitrogens with one attached hydrogen (secondary N) is 3. The number of benzene rings is 3. The van der Waals surface area contributed by atoms with Gasteiger partial charge >= 0.3 is 0 Å². The van der Waals surface area contributed by atoms with Gasteiger partial charge in [0.2, 0.25) is 23.6 Å². The summed E-state index contributed by atoms with van der Waals surface area (Å²) in [6.07, 6.45) is 8.67. The smallest absolute Gasteiger partial charge is 0.262 e. The van der Waals surface area contributed by atoms with Gasteiger partial charge in [0, 0.05) is 31.8 Å². The van der Waals surface area contributed by atoms with E-state index in [1.807, 2.05) is 85.8 Å². The average molecular weight is 856 g/mol. The molecule has 3 heterocycles. The lowest BCUT2D eigenvalue weighted by Crippen LogP contribution is -2.68. The summed E-state index contributed by atoms with van der Waals surface area (Å²) in [4.78, 5) is 75.7. The van der Waals surface area contributed by atoms with Gasteiger partial charge in [0.15, 0.2) is 5.78 Å².